The highest BCUT2D eigenvalue weighted by Crippen LogP contribution is 2.31. The van der Waals surface area contributed by atoms with Gasteiger partial charge in [0.1, 0.15) is 0 Å². The van der Waals surface area contributed by atoms with Crippen molar-refractivity contribution in [3.8, 4) is 0 Å². The van der Waals surface area contributed by atoms with Gasteiger partial charge < -0.3 is 4.74 Å². The van der Waals surface area contributed by atoms with Gasteiger partial charge in [0, 0.05) is 10.3 Å². The average Bonchev–Trinajstić information content (AvgIpc) is 2.16. The Labute approximate surface area is 90.0 Å². The largest absolute Gasteiger partial charge is 0.466 e. The Balaban J connectivity index is 4.48. The van der Waals surface area contributed by atoms with Crippen molar-refractivity contribution in [3.05, 3.63) is 10.1 Å². The molecule has 0 unspecified atom stereocenters. The number of hydrogen-bond donors (Lipinski definition) is 0. The van der Waals surface area contributed by atoms with Crippen molar-refractivity contribution in [1.29, 1.82) is 0 Å². The summed E-state index contributed by atoms with van der Waals surface area (Å²) in [7, 11) is 0. The van der Waals surface area contributed by atoms with Crippen molar-refractivity contribution >= 4 is 5.97 Å². The molecule has 5 heteroatoms. The molecular formula is C10H19NO4. The Morgan fingerprint density at radius 2 is 1.87 bits per heavy atom. The van der Waals surface area contributed by atoms with E-state index in [2.05, 4.69) is 0 Å². The molecule has 0 aromatic heterocycles. The minimum absolute atomic E-state index is 0.134. The third-order valence-corrected chi connectivity index (χ3v) is 2.79. The normalized spacial score (nSPS) is 11.1. The van der Waals surface area contributed by atoms with Gasteiger partial charge in [0.25, 0.3) is 0 Å². The first-order valence-corrected chi connectivity index (χ1v) is 5.27. The fraction of sp³-hybridized carbons (Fsp3) is 0.900. The van der Waals surface area contributed by atoms with Crippen LogP contribution in [0.15, 0.2) is 0 Å². The lowest BCUT2D eigenvalue weighted by atomic mass is 9.79. The molecule has 0 saturated carbocycles. The summed E-state index contributed by atoms with van der Waals surface area (Å²) in [6.07, 6.45) is 1.36. The minimum atomic E-state index is -0.546. The molecule has 0 rings (SSSR count). The maximum atomic E-state index is 11.3. The van der Waals surface area contributed by atoms with Gasteiger partial charge in [-0.15, -0.1) is 0 Å². The molecule has 0 spiro atoms. The van der Waals surface area contributed by atoms with Crippen LogP contribution in [0.1, 0.15) is 40.0 Å². The van der Waals surface area contributed by atoms with Gasteiger partial charge in [0.15, 0.2) is 0 Å². The molecule has 0 aliphatic rings. The smallest absolute Gasteiger partial charge is 0.306 e. The fourth-order valence-corrected chi connectivity index (χ4v) is 1.57. The summed E-state index contributed by atoms with van der Waals surface area (Å²) < 4.78 is 4.82. The Kier molecular flexibility index (Phi) is 5.89. The summed E-state index contributed by atoms with van der Waals surface area (Å²) in [5.41, 5.74) is -0.546. The highest BCUT2D eigenvalue weighted by Gasteiger charge is 2.35. The first-order chi connectivity index (χ1) is 6.99. The van der Waals surface area contributed by atoms with E-state index < -0.39 is 5.41 Å². The second kappa shape index (κ2) is 6.37. The number of esters is 1. The van der Waals surface area contributed by atoms with Crippen molar-refractivity contribution in [2.75, 3.05) is 13.2 Å². The molecule has 0 atom stereocenters. The fourth-order valence-electron chi connectivity index (χ4n) is 1.57. The van der Waals surface area contributed by atoms with Crippen LogP contribution in [0.25, 0.3) is 0 Å². The predicted octanol–water partition coefficient (Wildman–Crippen LogP) is 2.02. The third-order valence-electron chi connectivity index (χ3n) is 2.79. The monoisotopic (exact) mass is 217 g/mol. The first kappa shape index (κ1) is 13.9. The number of carbonyl (C=O) groups excluding carboxylic acids is 1. The average molecular weight is 217 g/mol. The summed E-state index contributed by atoms with van der Waals surface area (Å²) in [6.45, 7) is 5.61. The van der Waals surface area contributed by atoms with Gasteiger partial charge in [-0.3, -0.25) is 14.9 Å². The molecule has 0 aromatic rings. The van der Waals surface area contributed by atoms with Crippen molar-refractivity contribution in [1.82, 2.24) is 0 Å². The van der Waals surface area contributed by atoms with Crippen LogP contribution in [0.4, 0.5) is 0 Å². The van der Waals surface area contributed by atoms with E-state index in [1.54, 1.807) is 6.92 Å². The van der Waals surface area contributed by atoms with Crippen LogP contribution in [0.2, 0.25) is 0 Å². The molecule has 0 aliphatic carbocycles. The number of rotatable bonds is 7. The summed E-state index contributed by atoms with van der Waals surface area (Å²) in [5.74, 6) is -0.344. The highest BCUT2D eigenvalue weighted by atomic mass is 16.6. The van der Waals surface area contributed by atoms with Crippen molar-refractivity contribution in [2.24, 2.45) is 5.41 Å². The molecule has 0 aliphatic heterocycles. The van der Waals surface area contributed by atoms with E-state index in [0.717, 1.165) is 0 Å². The van der Waals surface area contributed by atoms with Crippen molar-refractivity contribution < 1.29 is 14.5 Å². The van der Waals surface area contributed by atoms with Crippen LogP contribution in [0, 0.1) is 15.5 Å². The van der Waals surface area contributed by atoms with Crippen LogP contribution < -0.4 is 0 Å². The van der Waals surface area contributed by atoms with E-state index >= 15 is 0 Å². The topological polar surface area (TPSA) is 69.4 Å². The Bertz CT molecular complexity index is 223. The summed E-state index contributed by atoms with van der Waals surface area (Å²) >= 11 is 0. The van der Waals surface area contributed by atoms with Gasteiger partial charge in [-0.05, 0) is 19.8 Å². The second-order valence-corrected chi connectivity index (χ2v) is 3.68. The highest BCUT2D eigenvalue weighted by molar-refractivity contribution is 5.70. The van der Waals surface area contributed by atoms with E-state index in [1.165, 1.54) is 0 Å². The summed E-state index contributed by atoms with van der Waals surface area (Å²) in [5, 5.41) is 10.5. The Hall–Kier alpha value is -1.13. The number of nitrogens with zero attached hydrogens (tertiary/aromatic N) is 1. The van der Waals surface area contributed by atoms with Crippen molar-refractivity contribution in [2.45, 2.75) is 40.0 Å². The van der Waals surface area contributed by atoms with Crippen LogP contribution in [-0.4, -0.2) is 24.0 Å². The summed E-state index contributed by atoms with van der Waals surface area (Å²) in [4.78, 5) is 21.5. The second-order valence-electron chi connectivity index (χ2n) is 3.68. The van der Waals surface area contributed by atoms with E-state index in [1.807, 2.05) is 13.8 Å². The standard InChI is InChI=1S/C10H19NO4/c1-4-10(5-2,8-11(13)14)7-9(12)15-6-3/h4-8H2,1-3H3. The molecule has 88 valence electrons. The van der Waals surface area contributed by atoms with Gasteiger partial charge in [-0.25, -0.2) is 0 Å². The van der Waals surface area contributed by atoms with E-state index in [4.69, 9.17) is 4.74 Å². The Morgan fingerprint density at radius 3 is 2.20 bits per heavy atom. The van der Waals surface area contributed by atoms with Gasteiger partial charge in [-0.2, -0.15) is 0 Å². The Morgan fingerprint density at radius 1 is 1.33 bits per heavy atom. The lowest BCUT2D eigenvalue weighted by Gasteiger charge is -2.25. The molecular weight excluding hydrogens is 198 g/mol. The van der Waals surface area contributed by atoms with Gasteiger partial charge >= 0.3 is 5.97 Å². The molecule has 0 heterocycles. The van der Waals surface area contributed by atoms with Crippen LogP contribution >= 0.6 is 0 Å². The quantitative estimate of drug-likeness (QED) is 0.371. The lowest BCUT2D eigenvalue weighted by molar-refractivity contribution is -0.498. The minimum Gasteiger partial charge on any atom is -0.466 e. The SMILES string of the molecule is CCOC(=O)CC(CC)(CC)C[N+](=O)[O-]. The number of hydrogen-bond acceptors (Lipinski definition) is 4. The zero-order chi connectivity index (χ0) is 11.9. The third kappa shape index (κ3) is 4.76. The molecule has 5 nitrogen and oxygen atoms in total. The molecule has 0 fully saturated rings. The van der Waals surface area contributed by atoms with Crippen LogP contribution in [0.3, 0.4) is 0 Å². The maximum absolute atomic E-state index is 11.3. The molecule has 15 heavy (non-hydrogen) atoms. The van der Waals surface area contributed by atoms with E-state index in [0.29, 0.717) is 19.4 Å². The molecule has 0 saturated heterocycles. The molecule has 0 N–H and O–H groups in total. The van der Waals surface area contributed by atoms with Crippen LogP contribution in [-0.2, 0) is 9.53 Å². The lowest BCUT2D eigenvalue weighted by Crippen LogP contribution is -2.32. The number of carbonyl (C=O) groups is 1. The molecule has 0 amide bonds. The number of nitro groups is 1. The van der Waals surface area contributed by atoms with E-state index in [-0.39, 0.29) is 23.9 Å². The van der Waals surface area contributed by atoms with E-state index in [9.17, 15) is 14.9 Å². The molecule has 0 aromatic carbocycles. The zero-order valence-electron chi connectivity index (χ0n) is 9.62. The molecule has 0 bridgehead atoms. The van der Waals surface area contributed by atoms with Gasteiger partial charge in [0.2, 0.25) is 6.54 Å². The number of ether oxygens (including phenoxy) is 1. The van der Waals surface area contributed by atoms with Gasteiger partial charge in [0.05, 0.1) is 13.0 Å². The van der Waals surface area contributed by atoms with Gasteiger partial charge in [-0.1, -0.05) is 13.8 Å². The maximum Gasteiger partial charge on any atom is 0.306 e. The van der Waals surface area contributed by atoms with Crippen LogP contribution in [0.5, 0.6) is 0 Å². The summed E-state index contributed by atoms with van der Waals surface area (Å²) in [6, 6.07) is 0. The first-order valence-electron chi connectivity index (χ1n) is 5.27. The predicted molar refractivity (Wildman–Crippen MR) is 56.1 cm³/mol. The molecule has 0 radical (unpaired) electrons. The zero-order valence-corrected chi connectivity index (χ0v) is 9.62. The van der Waals surface area contributed by atoms with Crippen molar-refractivity contribution in [3.63, 3.8) is 0 Å².